The summed E-state index contributed by atoms with van der Waals surface area (Å²) < 4.78 is 5.44. The van der Waals surface area contributed by atoms with E-state index in [4.69, 9.17) is 4.74 Å². The molecule has 0 aromatic heterocycles. The molecule has 0 aliphatic carbocycles. The highest BCUT2D eigenvalue weighted by Gasteiger charge is 2.37. The quantitative estimate of drug-likeness (QED) is 0.759. The standard InChI is InChI=1S/C21H27NO2/c1-17(2)21(16-23,10-11-22-12-14-24-15-13-22)20-9-5-7-18-6-3-4-8-19(18)20/h3-9,16-17H,10-15H2,1-2H3. The zero-order valence-corrected chi connectivity index (χ0v) is 14.7. The van der Waals surface area contributed by atoms with Crippen molar-refractivity contribution in [3.05, 3.63) is 48.0 Å². The molecule has 3 nitrogen and oxygen atoms in total. The first-order valence-corrected chi connectivity index (χ1v) is 8.92. The highest BCUT2D eigenvalue weighted by molar-refractivity contribution is 5.90. The Bertz CT molecular complexity index is 686. The fraction of sp³-hybridized carbons (Fsp3) is 0.476. The van der Waals surface area contributed by atoms with Crippen LogP contribution in [-0.2, 0) is 14.9 Å². The van der Waals surface area contributed by atoms with Crippen molar-refractivity contribution >= 4 is 17.1 Å². The maximum absolute atomic E-state index is 12.3. The lowest BCUT2D eigenvalue weighted by molar-refractivity contribution is -0.114. The van der Waals surface area contributed by atoms with E-state index in [-0.39, 0.29) is 5.92 Å². The second-order valence-corrected chi connectivity index (χ2v) is 7.04. The van der Waals surface area contributed by atoms with Gasteiger partial charge in [0.15, 0.2) is 0 Å². The van der Waals surface area contributed by atoms with E-state index in [9.17, 15) is 4.79 Å². The van der Waals surface area contributed by atoms with E-state index < -0.39 is 5.41 Å². The number of fused-ring (bicyclic) bond motifs is 1. The topological polar surface area (TPSA) is 29.5 Å². The lowest BCUT2D eigenvalue weighted by Gasteiger charge is -2.36. The first kappa shape index (κ1) is 17.1. The molecule has 128 valence electrons. The summed E-state index contributed by atoms with van der Waals surface area (Å²) in [4.78, 5) is 14.8. The normalized spacial score (nSPS) is 18.6. The molecule has 1 unspecified atom stereocenters. The number of carbonyl (C=O) groups is 1. The van der Waals surface area contributed by atoms with E-state index in [0.717, 1.165) is 39.3 Å². The van der Waals surface area contributed by atoms with Crippen LogP contribution in [0.3, 0.4) is 0 Å². The van der Waals surface area contributed by atoms with E-state index in [2.05, 4.69) is 61.2 Å². The summed E-state index contributed by atoms with van der Waals surface area (Å²) in [6.45, 7) is 8.77. The molecular formula is C21H27NO2. The minimum atomic E-state index is -0.445. The van der Waals surface area contributed by atoms with E-state index >= 15 is 0 Å². The first-order chi connectivity index (χ1) is 11.7. The average Bonchev–Trinajstić information content (AvgIpc) is 2.63. The van der Waals surface area contributed by atoms with Gasteiger partial charge in [-0.1, -0.05) is 56.3 Å². The van der Waals surface area contributed by atoms with Gasteiger partial charge in [0.1, 0.15) is 6.29 Å². The Labute approximate surface area is 144 Å². The summed E-state index contributed by atoms with van der Waals surface area (Å²) >= 11 is 0. The summed E-state index contributed by atoms with van der Waals surface area (Å²) in [5.74, 6) is 0.252. The van der Waals surface area contributed by atoms with Crippen LogP contribution >= 0.6 is 0 Å². The maximum Gasteiger partial charge on any atom is 0.130 e. The molecule has 0 bridgehead atoms. The van der Waals surface area contributed by atoms with Gasteiger partial charge >= 0.3 is 0 Å². The van der Waals surface area contributed by atoms with Gasteiger partial charge in [0.05, 0.1) is 18.6 Å². The summed E-state index contributed by atoms with van der Waals surface area (Å²) in [6.07, 6.45) is 2.04. The van der Waals surface area contributed by atoms with Crippen LogP contribution < -0.4 is 0 Å². The summed E-state index contributed by atoms with van der Waals surface area (Å²) in [6, 6.07) is 14.7. The van der Waals surface area contributed by atoms with Crippen molar-refractivity contribution in [2.75, 3.05) is 32.8 Å². The van der Waals surface area contributed by atoms with Crippen molar-refractivity contribution in [2.24, 2.45) is 5.92 Å². The zero-order valence-electron chi connectivity index (χ0n) is 14.7. The highest BCUT2D eigenvalue weighted by Crippen LogP contribution is 2.38. The molecule has 0 spiro atoms. The molecule has 1 fully saturated rings. The van der Waals surface area contributed by atoms with Crippen LogP contribution in [0.2, 0.25) is 0 Å². The number of benzene rings is 2. The molecule has 1 aliphatic heterocycles. The van der Waals surface area contributed by atoms with Gasteiger partial charge in [-0.05, 0) is 35.2 Å². The van der Waals surface area contributed by atoms with Gasteiger partial charge in [-0.2, -0.15) is 0 Å². The molecule has 1 saturated heterocycles. The Morgan fingerprint density at radius 2 is 1.83 bits per heavy atom. The Morgan fingerprint density at radius 3 is 2.54 bits per heavy atom. The molecule has 1 aliphatic rings. The van der Waals surface area contributed by atoms with E-state index in [1.54, 1.807) is 0 Å². The SMILES string of the molecule is CC(C)C(C=O)(CCN1CCOCC1)c1cccc2ccccc12. The number of ether oxygens (including phenoxy) is 1. The number of morpholine rings is 1. The second kappa shape index (κ2) is 7.45. The van der Waals surface area contributed by atoms with Crippen LogP contribution in [0.15, 0.2) is 42.5 Å². The van der Waals surface area contributed by atoms with Gasteiger partial charge in [0, 0.05) is 13.1 Å². The van der Waals surface area contributed by atoms with Gasteiger partial charge < -0.3 is 9.53 Å². The molecule has 3 heteroatoms. The molecule has 2 aromatic rings. The fourth-order valence-electron chi connectivity index (χ4n) is 3.79. The molecular weight excluding hydrogens is 298 g/mol. The van der Waals surface area contributed by atoms with Gasteiger partial charge in [0.2, 0.25) is 0 Å². The summed E-state index contributed by atoms with van der Waals surface area (Å²) in [5, 5.41) is 2.40. The molecule has 1 heterocycles. The van der Waals surface area contributed by atoms with Gasteiger partial charge in [-0.3, -0.25) is 4.90 Å². The van der Waals surface area contributed by atoms with Crippen LogP contribution in [0.4, 0.5) is 0 Å². The Balaban J connectivity index is 1.96. The first-order valence-electron chi connectivity index (χ1n) is 8.92. The van der Waals surface area contributed by atoms with Crippen molar-refractivity contribution in [1.82, 2.24) is 4.90 Å². The fourth-order valence-corrected chi connectivity index (χ4v) is 3.79. The number of carbonyl (C=O) groups excluding carboxylic acids is 1. The van der Waals surface area contributed by atoms with Crippen molar-refractivity contribution in [1.29, 1.82) is 0 Å². The van der Waals surface area contributed by atoms with E-state index in [0.29, 0.717) is 0 Å². The van der Waals surface area contributed by atoms with Crippen molar-refractivity contribution in [3.8, 4) is 0 Å². The minimum absolute atomic E-state index is 0.252. The smallest absolute Gasteiger partial charge is 0.130 e. The molecule has 24 heavy (non-hydrogen) atoms. The highest BCUT2D eigenvalue weighted by atomic mass is 16.5. The number of nitrogens with zero attached hydrogens (tertiary/aromatic N) is 1. The van der Waals surface area contributed by atoms with Crippen molar-refractivity contribution in [2.45, 2.75) is 25.7 Å². The summed E-state index contributed by atoms with van der Waals surface area (Å²) in [7, 11) is 0. The molecule has 0 saturated carbocycles. The predicted molar refractivity (Wildman–Crippen MR) is 98.4 cm³/mol. The second-order valence-electron chi connectivity index (χ2n) is 7.04. The monoisotopic (exact) mass is 325 g/mol. The number of hydrogen-bond acceptors (Lipinski definition) is 3. The molecule has 2 aromatic carbocycles. The number of rotatable bonds is 6. The Kier molecular flexibility index (Phi) is 5.32. The van der Waals surface area contributed by atoms with E-state index in [1.165, 1.54) is 22.6 Å². The zero-order chi connectivity index (χ0) is 17.0. The molecule has 0 N–H and O–H groups in total. The van der Waals surface area contributed by atoms with Crippen LogP contribution in [0.5, 0.6) is 0 Å². The Hall–Kier alpha value is -1.71. The van der Waals surface area contributed by atoms with Crippen LogP contribution in [0.1, 0.15) is 25.8 Å². The van der Waals surface area contributed by atoms with Crippen molar-refractivity contribution in [3.63, 3.8) is 0 Å². The molecule has 1 atom stereocenters. The third kappa shape index (κ3) is 3.24. The largest absolute Gasteiger partial charge is 0.379 e. The molecule has 0 amide bonds. The lowest BCUT2D eigenvalue weighted by Crippen LogP contribution is -2.42. The minimum Gasteiger partial charge on any atom is -0.379 e. The summed E-state index contributed by atoms with van der Waals surface area (Å²) in [5.41, 5.74) is 0.720. The van der Waals surface area contributed by atoms with Crippen LogP contribution in [0.25, 0.3) is 10.8 Å². The Morgan fingerprint density at radius 1 is 1.12 bits per heavy atom. The van der Waals surface area contributed by atoms with Gasteiger partial charge in [0.25, 0.3) is 0 Å². The maximum atomic E-state index is 12.3. The van der Waals surface area contributed by atoms with Gasteiger partial charge in [-0.25, -0.2) is 0 Å². The predicted octanol–water partition coefficient (Wildman–Crippen LogP) is 3.65. The third-order valence-electron chi connectivity index (χ3n) is 5.48. The third-order valence-corrected chi connectivity index (χ3v) is 5.48. The van der Waals surface area contributed by atoms with Crippen LogP contribution in [0, 0.1) is 5.92 Å². The van der Waals surface area contributed by atoms with Crippen LogP contribution in [-0.4, -0.2) is 44.0 Å². The van der Waals surface area contributed by atoms with E-state index in [1.807, 2.05) is 0 Å². The number of aldehydes is 1. The van der Waals surface area contributed by atoms with Crippen molar-refractivity contribution < 1.29 is 9.53 Å². The number of hydrogen-bond donors (Lipinski definition) is 0. The molecule has 3 rings (SSSR count). The average molecular weight is 325 g/mol. The molecule has 0 radical (unpaired) electrons. The van der Waals surface area contributed by atoms with Gasteiger partial charge in [-0.15, -0.1) is 0 Å². The lowest BCUT2D eigenvalue weighted by atomic mass is 9.69.